The molecule has 0 radical (unpaired) electrons. The van der Waals surface area contributed by atoms with Crippen LogP contribution >= 0.6 is 0 Å². The summed E-state index contributed by atoms with van der Waals surface area (Å²) in [5.74, 6) is 1.40. The van der Waals surface area contributed by atoms with Crippen LogP contribution in [0.1, 0.15) is 35.6 Å². The number of benzene rings is 3. The molecule has 39 heavy (non-hydrogen) atoms. The SMILES string of the molecule is COc1ccc(CN(C(=O)Cc2ccc(OC)c(OC)c2)[C@H](C(=O)NC[C@@H]2CCCO2)c2ccccc2)cc1. The van der Waals surface area contributed by atoms with Crippen LogP contribution in [0.25, 0.3) is 0 Å². The maximum Gasteiger partial charge on any atom is 0.247 e. The molecule has 2 amide bonds. The monoisotopic (exact) mass is 532 g/mol. The van der Waals surface area contributed by atoms with E-state index in [9.17, 15) is 9.59 Å². The molecule has 0 aliphatic carbocycles. The van der Waals surface area contributed by atoms with E-state index >= 15 is 0 Å². The van der Waals surface area contributed by atoms with Crippen LogP contribution in [0.15, 0.2) is 72.8 Å². The lowest BCUT2D eigenvalue weighted by molar-refractivity contribution is -0.141. The van der Waals surface area contributed by atoms with Gasteiger partial charge in [0, 0.05) is 19.7 Å². The zero-order chi connectivity index (χ0) is 27.6. The third kappa shape index (κ3) is 7.29. The van der Waals surface area contributed by atoms with Crippen molar-refractivity contribution in [3.63, 3.8) is 0 Å². The Labute approximate surface area is 229 Å². The molecule has 1 aliphatic rings. The van der Waals surface area contributed by atoms with Crippen LogP contribution < -0.4 is 19.5 Å². The van der Waals surface area contributed by atoms with Crippen LogP contribution in [-0.4, -0.2) is 57.3 Å². The number of amides is 2. The average molecular weight is 533 g/mol. The van der Waals surface area contributed by atoms with Crippen molar-refractivity contribution in [3.05, 3.63) is 89.5 Å². The van der Waals surface area contributed by atoms with Gasteiger partial charge in [-0.2, -0.15) is 0 Å². The lowest BCUT2D eigenvalue weighted by atomic mass is 10.0. The van der Waals surface area contributed by atoms with Crippen LogP contribution in [0.5, 0.6) is 17.2 Å². The van der Waals surface area contributed by atoms with E-state index in [0.29, 0.717) is 24.7 Å². The molecule has 1 fully saturated rings. The van der Waals surface area contributed by atoms with Gasteiger partial charge in [0.2, 0.25) is 11.8 Å². The van der Waals surface area contributed by atoms with Crippen molar-refractivity contribution in [1.82, 2.24) is 10.2 Å². The van der Waals surface area contributed by atoms with Crippen molar-refractivity contribution >= 4 is 11.8 Å². The number of ether oxygens (including phenoxy) is 4. The number of rotatable bonds is 12. The van der Waals surface area contributed by atoms with E-state index in [0.717, 1.165) is 35.3 Å². The van der Waals surface area contributed by atoms with Gasteiger partial charge in [-0.05, 0) is 53.8 Å². The molecule has 4 rings (SSSR count). The fourth-order valence-corrected chi connectivity index (χ4v) is 4.74. The van der Waals surface area contributed by atoms with Crippen molar-refractivity contribution in [1.29, 1.82) is 0 Å². The summed E-state index contributed by atoms with van der Waals surface area (Å²) in [5, 5.41) is 3.05. The fourth-order valence-electron chi connectivity index (χ4n) is 4.74. The minimum absolute atomic E-state index is 0.0112. The molecule has 206 valence electrons. The first kappa shape index (κ1) is 28.0. The van der Waals surface area contributed by atoms with Crippen LogP contribution in [0.2, 0.25) is 0 Å². The molecule has 0 bridgehead atoms. The van der Waals surface area contributed by atoms with Crippen molar-refractivity contribution in [2.75, 3.05) is 34.5 Å². The Morgan fingerprint density at radius 1 is 0.923 bits per heavy atom. The Bertz CT molecular complexity index is 1230. The lowest BCUT2D eigenvalue weighted by Crippen LogP contribution is -2.45. The zero-order valence-corrected chi connectivity index (χ0v) is 22.7. The van der Waals surface area contributed by atoms with Crippen LogP contribution in [0, 0.1) is 0 Å². The molecule has 8 heteroatoms. The van der Waals surface area contributed by atoms with Gasteiger partial charge in [-0.15, -0.1) is 0 Å². The van der Waals surface area contributed by atoms with Crippen molar-refractivity contribution in [2.45, 2.75) is 38.0 Å². The lowest BCUT2D eigenvalue weighted by Gasteiger charge is -2.32. The highest BCUT2D eigenvalue weighted by atomic mass is 16.5. The second-order valence-electron chi connectivity index (χ2n) is 9.43. The van der Waals surface area contributed by atoms with Crippen LogP contribution in [0.3, 0.4) is 0 Å². The van der Waals surface area contributed by atoms with E-state index in [1.807, 2.05) is 60.7 Å². The zero-order valence-electron chi connectivity index (χ0n) is 22.7. The van der Waals surface area contributed by atoms with E-state index < -0.39 is 6.04 Å². The molecule has 1 saturated heterocycles. The average Bonchev–Trinajstić information content (AvgIpc) is 3.50. The standard InChI is InChI=1S/C31H36N2O6/c1-36-25-14-11-22(12-15-25)21-33(29(34)19-23-13-16-27(37-2)28(18-23)38-3)30(24-8-5-4-6-9-24)31(35)32-20-26-10-7-17-39-26/h4-6,8-9,11-16,18,26,30H,7,10,17,19-21H2,1-3H3,(H,32,35)/t26-,30-/m0/s1. The summed E-state index contributed by atoms with van der Waals surface area (Å²) in [6.07, 6.45) is 1.96. The maximum atomic E-state index is 14.0. The van der Waals surface area contributed by atoms with E-state index in [2.05, 4.69) is 5.32 Å². The molecule has 2 atom stereocenters. The molecule has 1 heterocycles. The van der Waals surface area contributed by atoms with E-state index in [1.165, 1.54) is 0 Å². The van der Waals surface area contributed by atoms with Gasteiger partial charge >= 0.3 is 0 Å². The largest absolute Gasteiger partial charge is 0.497 e. The van der Waals surface area contributed by atoms with Crippen LogP contribution in [0.4, 0.5) is 0 Å². The predicted octanol–water partition coefficient (Wildman–Crippen LogP) is 4.32. The molecule has 3 aromatic carbocycles. The molecular formula is C31H36N2O6. The van der Waals surface area contributed by atoms with E-state index in [4.69, 9.17) is 18.9 Å². The third-order valence-electron chi connectivity index (χ3n) is 6.84. The van der Waals surface area contributed by atoms with Gasteiger partial charge in [-0.3, -0.25) is 9.59 Å². The first-order valence-electron chi connectivity index (χ1n) is 13.1. The highest BCUT2D eigenvalue weighted by molar-refractivity contribution is 5.89. The second-order valence-corrected chi connectivity index (χ2v) is 9.43. The summed E-state index contributed by atoms with van der Waals surface area (Å²) >= 11 is 0. The second kappa shape index (κ2) is 13.7. The number of hydrogen-bond donors (Lipinski definition) is 1. The first-order valence-corrected chi connectivity index (χ1v) is 13.1. The Balaban J connectivity index is 1.66. The van der Waals surface area contributed by atoms with Gasteiger partial charge in [-0.1, -0.05) is 48.5 Å². The third-order valence-corrected chi connectivity index (χ3v) is 6.84. The van der Waals surface area contributed by atoms with Gasteiger partial charge in [0.15, 0.2) is 11.5 Å². The molecular weight excluding hydrogens is 496 g/mol. The molecule has 0 unspecified atom stereocenters. The van der Waals surface area contributed by atoms with Gasteiger partial charge in [0.25, 0.3) is 0 Å². The van der Waals surface area contributed by atoms with Crippen LogP contribution in [-0.2, 0) is 27.3 Å². The normalized spacial score (nSPS) is 15.3. The van der Waals surface area contributed by atoms with Crippen molar-refractivity contribution in [2.24, 2.45) is 0 Å². The Morgan fingerprint density at radius 2 is 1.64 bits per heavy atom. The minimum Gasteiger partial charge on any atom is -0.497 e. The summed E-state index contributed by atoms with van der Waals surface area (Å²) < 4.78 is 21.8. The highest BCUT2D eigenvalue weighted by Gasteiger charge is 2.32. The Hall–Kier alpha value is -4.04. The number of hydrogen-bond acceptors (Lipinski definition) is 6. The highest BCUT2D eigenvalue weighted by Crippen LogP contribution is 2.30. The summed E-state index contributed by atoms with van der Waals surface area (Å²) in [6, 6.07) is 21.5. The van der Waals surface area contributed by atoms with E-state index in [-0.39, 0.29) is 30.9 Å². The van der Waals surface area contributed by atoms with Gasteiger partial charge in [-0.25, -0.2) is 0 Å². The first-order chi connectivity index (χ1) is 19.0. The molecule has 3 aromatic rings. The quantitative estimate of drug-likeness (QED) is 0.374. The van der Waals surface area contributed by atoms with Gasteiger partial charge in [0.1, 0.15) is 11.8 Å². The number of carbonyl (C=O) groups excluding carboxylic acids is 2. The molecule has 0 saturated carbocycles. The fraction of sp³-hybridized carbons (Fsp3) is 0.355. The molecule has 0 spiro atoms. The number of carbonyl (C=O) groups is 2. The van der Waals surface area contributed by atoms with Gasteiger partial charge in [0.05, 0.1) is 33.9 Å². The van der Waals surface area contributed by atoms with E-state index in [1.54, 1.807) is 38.4 Å². The Kier molecular flexibility index (Phi) is 9.80. The Morgan fingerprint density at radius 3 is 2.28 bits per heavy atom. The minimum atomic E-state index is -0.831. The topological polar surface area (TPSA) is 86.3 Å². The molecule has 1 N–H and O–H groups in total. The molecule has 8 nitrogen and oxygen atoms in total. The number of nitrogens with zero attached hydrogens (tertiary/aromatic N) is 1. The molecule has 1 aliphatic heterocycles. The summed E-state index contributed by atoms with van der Waals surface area (Å²) in [6.45, 7) is 1.35. The molecule has 0 aromatic heterocycles. The maximum absolute atomic E-state index is 14.0. The smallest absolute Gasteiger partial charge is 0.247 e. The van der Waals surface area contributed by atoms with Crippen molar-refractivity contribution in [3.8, 4) is 17.2 Å². The van der Waals surface area contributed by atoms with Gasteiger partial charge < -0.3 is 29.2 Å². The summed E-state index contributed by atoms with van der Waals surface area (Å²) in [7, 11) is 4.74. The predicted molar refractivity (Wildman–Crippen MR) is 148 cm³/mol. The number of nitrogens with one attached hydrogen (secondary N) is 1. The van der Waals surface area contributed by atoms with Crippen molar-refractivity contribution < 1.29 is 28.5 Å². The summed E-state index contributed by atoms with van der Waals surface area (Å²) in [4.78, 5) is 29.4. The number of methoxy groups -OCH3 is 3. The summed E-state index contributed by atoms with van der Waals surface area (Å²) in [5.41, 5.74) is 2.37.